The molecule has 1 saturated heterocycles. The number of carboxylic acid groups (broad SMARTS) is 1. The second kappa shape index (κ2) is 5.94. The van der Waals surface area contributed by atoms with E-state index in [1.807, 2.05) is 11.8 Å². The van der Waals surface area contributed by atoms with Crippen molar-refractivity contribution in [1.82, 2.24) is 4.57 Å². The number of carboxylic acids is 1. The number of rotatable bonds is 4. The maximum absolute atomic E-state index is 15.3. The number of ether oxygens (including phenoxy) is 1. The summed E-state index contributed by atoms with van der Waals surface area (Å²) in [4.78, 5) is 26.2. The highest BCUT2D eigenvalue weighted by molar-refractivity contribution is 5.97. The van der Waals surface area contributed by atoms with E-state index >= 15 is 4.39 Å². The molecule has 2 saturated carbocycles. The van der Waals surface area contributed by atoms with Crippen LogP contribution in [-0.2, 0) is 0 Å². The van der Waals surface area contributed by atoms with Crippen molar-refractivity contribution in [2.45, 2.75) is 43.9 Å². The highest BCUT2D eigenvalue weighted by atomic mass is 19.1. The summed E-state index contributed by atoms with van der Waals surface area (Å²) in [5, 5.41) is 9.27. The molecule has 1 aromatic carbocycles. The van der Waals surface area contributed by atoms with Crippen LogP contribution in [0.2, 0.25) is 0 Å². The first-order valence-electron chi connectivity index (χ1n) is 9.97. The van der Waals surface area contributed by atoms with Crippen molar-refractivity contribution >= 4 is 22.6 Å². The number of hydrogen-bond donors (Lipinski definition) is 2. The Labute approximate surface area is 171 Å². The molecule has 0 amide bonds. The monoisotopic (exact) mass is 419 g/mol. The molecule has 2 aliphatic carbocycles. The molecular formula is C21H23F2N3O4. The van der Waals surface area contributed by atoms with Crippen molar-refractivity contribution in [2.24, 2.45) is 11.1 Å². The summed E-state index contributed by atoms with van der Waals surface area (Å²) >= 11 is 0. The van der Waals surface area contributed by atoms with Crippen LogP contribution in [0.25, 0.3) is 10.9 Å². The average Bonchev–Trinajstić information content (AvgIpc) is 3.57. The molecule has 2 aromatic rings. The lowest BCUT2D eigenvalue weighted by atomic mass is 9.87. The highest BCUT2D eigenvalue weighted by Crippen LogP contribution is 2.59. The van der Waals surface area contributed by atoms with Gasteiger partial charge in [-0.15, -0.1) is 0 Å². The van der Waals surface area contributed by atoms with Crippen LogP contribution in [0.15, 0.2) is 17.1 Å². The Kier molecular flexibility index (Phi) is 3.82. The van der Waals surface area contributed by atoms with E-state index in [4.69, 9.17) is 10.5 Å². The first-order valence-corrected chi connectivity index (χ1v) is 9.97. The van der Waals surface area contributed by atoms with Crippen LogP contribution in [0.1, 0.15) is 42.6 Å². The topological polar surface area (TPSA) is 97.8 Å². The number of benzene rings is 1. The van der Waals surface area contributed by atoms with Gasteiger partial charge in [-0.2, -0.15) is 0 Å². The molecule has 1 spiro atoms. The summed E-state index contributed by atoms with van der Waals surface area (Å²) in [5.41, 5.74) is 4.98. The predicted molar refractivity (Wildman–Crippen MR) is 107 cm³/mol. The van der Waals surface area contributed by atoms with Gasteiger partial charge in [0.05, 0.1) is 24.1 Å². The molecule has 160 valence electrons. The summed E-state index contributed by atoms with van der Waals surface area (Å²) in [6, 6.07) is 0.423. The number of alkyl halides is 1. The first kappa shape index (κ1) is 19.3. The van der Waals surface area contributed by atoms with Crippen molar-refractivity contribution in [1.29, 1.82) is 0 Å². The zero-order chi connectivity index (χ0) is 21.6. The van der Waals surface area contributed by atoms with Gasteiger partial charge in [0.1, 0.15) is 17.4 Å². The molecule has 1 unspecified atom stereocenters. The molecule has 5 rings (SSSR count). The van der Waals surface area contributed by atoms with E-state index in [0.717, 1.165) is 25.1 Å². The predicted octanol–water partition coefficient (Wildman–Crippen LogP) is 2.45. The minimum Gasteiger partial charge on any atom is -0.492 e. The Balaban J connectivity index is 1.78. The third-order valence-electron chi connectivity index (χ3n) is 7.07. The fourth-order valence-corrected chi connectivity index (χ4v) is 4.99. The number of halogens is 2. The average molecular weight is 419 g/mol. The van der Waals surface area contributed by atoms with Gasteiger partial charge in [0, 0.05) is 36.7 Å². The normalized spacial score (nSPS) is 28.9. The lowest BCUT2D eigenvalue weighted by Gasteiger charge is -2.26. The molecule has 3 aliphatic rings. The molecular weight excluding hydrogens is 396 g/mol. The van der Waals surface area contributed by atoms with Crippen molar-refractivity contribution in [3.63, 3.8) is 0 Å². The van der Waals surface area contributed by atoms with Gasteiger partial charge in [0.2, 0.25) is 5.43 Å². The van der Waals surface area contributed by atoms with Gasteiger partial charge in [-0.05, 0) is 25.8 Å². The van der Waals surface area contributed by atoms with Crippen molar-refractivity contribution < 1.29 is 23.4 Å². The van der Waals surface area contributed by atoms with Crippen LogP contribution in [0, 0.1) is 11.2 Å². The second-order valence-electron chi connectivity index (χ2n) is 9.09. The number of aromatic nitrogens is 1. The van der Waals surface area contributed by atoms with Crippen molar-refractivity contribution in [2.75, 3.05) is 25.1 Å². The summed E-state index contributed by atoms with van der Waals surface area (Å²) < 4.78 is 36.3. The van der Waals surface area contributed by atoms with Crippen molar-refractivity contribution in [3.05, 3.63) is 33.9 Å². The number of fused-ring (bicyclic) bond motifs is 1. The molecule has 30 heavy (non-hydrogen) atoms. The second-order valence-corrected chi connectivity index (χ2v) is 9.09. The van der Waals surface area contributed by atoms with Crippen LogP contribution >= 0.6 is 0 Å². The fourth-order valence-electron chi connectivity index (χ4n) is 4.99. The minimum atomic E-state index is -1.44. The van der Waals surface area contributed by atoms with E-state index in [-0.39, 0.29) is 34.2 Å². The van der Waals surface area contributed by atoms with E-state index in [0.29, 0.717) is 13.1 Å². The largest absolute Gasteiger partial charge is 0.492 e. The van der Waals surface area contributed by atoms with Gasteiger partial charge < -0.3 is 25.0 Å². The van der Waals surface area contributed by atoms with E-state index < -0.39 is 40.5 Å². The zero-order valence-corrected chi connectivity index (χ0v) is 16.7. The molecule has 0 radical (unpaired) electrons. The number of carbonyl (C=O) groups is 1. The number of nitrogens with zero attached hydrogens (tertiary/aromatic N) is 2. The summed E-state index contributed by atoms with van der Waals surface area (Å²) in [5.74, 6) is -2.03. The van der Waals surface area contributed by atoms with Crippen molar-refractivity contribution in [3.8, 4) is 5.75 Å². The van der Waals surface area contributed by atoms with Crippen LogP contribution in [0.5, 0.6) is 5.75 Å². The van der Waals surface area contributed by atoms with Crippen LogP contribution in [0.3, 0.4) is 0 Å². The summed E-state index contributed by atoms with van der Waals surface area (Å²) in [7, 11) is 1.36. The third-order valence-corrected chi connectivity index (χ3v) is 7.07. The Hall–Kier alpha value is -2.68. The molecule has 3 atom stereocenters. The fraction of sp³-hybridized carbons (Fsp3) is 0.524. The maximum atomic E-state index is 15.3. The van der Waals surface area contributed by atoms with Gasteiger partial charge in [-0.3, -0.25) is 4.79 Å². The number of anilines is 1. The van der Waals surface area contributed by atoms with Gasteiger partial charge in [0.15, 0.2) is 11.6 Å². The lowest BCUT2D eigenvalue weighted by molar-refractivity contribution is 0.0694. The van der Waals surface area contributed by atoms with Gasteiger partial charge >= 0.3 is 5.97 Å². The van der Waals surface area contributed by atoms with E-state index in [1.165, 1.54) is 11.7 Å². The Morgan fingerprint density at radius 3 is 2.53 bits per heavy atom. The standard InChI is InChI=1S/C21H23F2N3O4/c1-20(24)8-25(9-21(20)3-4-21)16-13(23)5-10-15(18(16)30-2)26(14-6-12(14)22)7-11(17(10)27)19(28)29/h5,7,12,14H,3-4,6,8-9,24H2,1-2H3,(H,28,29)/t12-,14+,20?/m0/s1. The SMILES string of the molecule is COc1c(N2CC(C)(N)C3(CC3)C2)c(F)cc2c(=O)c(C(=O)O)cn([C@@H]3C[C@@H]3F)c12. The number of methoxy groups -OCH3 is 1. The number of pyridine rings is 1. The molecule has 9 heteroatoms. The first-order chi connectivity index (χ1) is 14.1. The Morgan fingerprint density at radius 1 is 1.37 bits per heavy atom. The van der Waals surface area contributed by atoms with Crippen LogP contribution < -0.4 is 20.8 Å². The molecule has 3 N–H and O–H groups in total. The lowest BCUT2D eigenvalue weighted by Crippen LogP contribution is -2.45. The maximum Gasteiger partial charge on any atom is 0.341 e. The molecule has 0 bridgehead atoms. The number of hydrogen-bond acceptors (Lipinski definition) is 5. The molecule has 3 fully saturated rings. The molecule has 1 aliphatic heterocycles. The Bertz CT molecular complexity index is 1150. The quantitative estimate of drug-likeness (QED) is 0.790. The van der Waals surface area contributed by atoms with Gasteiger partial charge in [-0.25, -0.2) is 13.6 Å². The zero-order valence-electron chi connectivity index (χ0n) is 16.7. The molecule has 1 aromatic heterocycles. The third kappa shape index (κ3) is 2.50. The van der Waals surface area contributed by atoms with E-state index in [1.54, 1.807) is 0 Å². The van der Waals surface area contributed by atoms with E-state index in [9.17, 15) is 19.1 Å². The summed E-state index contributed by atoms with van der Waals surface area (Å²) in [6.45, 7) is 2.93. The van der Waals surface area contributed by atoms with E-state index in [2.05, 4.69) is 0 Å². The molecule has 2 heterocycles. The van der Waals surface area contributed by atoms with Gasteiger partial charge in [-0.1, -0.05) is 0 Å². The minimum absolute atomic E-state index is 0.0766. The number of nitrogens with two attached hydrogens (primary N) is 1. The van der Waals surface area contributed by atoms with Crippen LogP contribution in [0.4, 0.5) is 14.5 Å². The number of aromatic carboxylic acids is 1. The smallest absolute Gasteiger partial charge is 0.341 e. The Morgan fingerprint density at radius 2 is 2.03 bits per heavy atom. The summed E-state index contributed by atoms with van der Waals surface area (Å²) in [6.07, 6.45) is 2.10. The van der Waals surface area contributed by atoms with Gasteiger partial charge in [0.25, 0.3) is 0 Å². The highest BCUT2D eigenvalue weighted by Gasteiger charge is 2.61. The van der Waals surface area contributed by atoms with Crippen LogP contribution in [-0.4, -0.2) is 47.6 Å². The molecule has 7 nitrogen and oxygen atoms in total.